The molecule has 1 aliphatic carbocycles. The first-order chi connectivity index (χ1) is 14.8. The molecule has 0 spiro atoms. The van der Waals surface area contributed by atoms with Gasteiger partial charge in [0, 0.05) is 12.7 Å². The first-order valence-electron chi connectivity index (χ1n) is 10.5. The molecule has 168 valence electrons. The predicted molar refractivity (Wildman–Crippen MR) is 122 cm³/mol. The van der Waals surface area contributed by atoms with Crippen molar-refractivity contribution in [3.63, 3.8) is 0 Å². The second kappa shape index (κ2) is 10.0. The first kappa shape index (κ1) is 22.9. The third kappa shape index (κ3) is 6.37. The van der Waals surface area contributed by atoms with E-state index in [0.717, 1.165) is 24.8 Å². The SMILES string of the molecule is CC[C@H](Oc1ccc(N(C)S(C)(=O)=O)cc1)C(=O)Nc1ccc(OC2CCCC2)cc1. The van der Waals surface area contributed by atoms with E-state index in [2.05, 4.69) is 5.32 Å². The number of anilines is 2. The fourth-order valence-electron chi connectivity index (χ4n) is 3.45. The maximum atomic E-state index is 12.7. The highest BCUT2D eigenvalue weighted by Gasteiger charge is 2.20. The average molecular weight is 447 g/mol. The molecule has 0 aliphatic heterocycles. The molecule has 0 unspecified atom stereocenters. The second-order valence-electron chi connectivity index (χ2n) is 7.78. The van der Waals surface area contributed by atoms with Gasteiger partial charge in [-0.3, -0.25) is 9.10 Å². The molecule has 1 aliphatic rings. The van der Waals surface area contributed by atoms with Crippen LogP contribution < -0.4 is 19.1 Å². The van der Waals surface area contributed by atoms with Crippen LogP contribution in [0.25, 0.3) is 0 Å². The molecule has 0 saturated heterocycles. The maximum Gasteiger partial charge on any atom is 0.265 e. The molecule has 0 radical (unpaired) electrons. The Hall–Kier alpha value is -2.74. The molecule has 0 bridgehead atoms. The van der Waals surface area contributed by atoms with Crippen LogP contribution >= 0.6 is 0 Å². The molecule has 8 heteroatoms. The van der Waals surface area contributed by atoms with Crippen molar-refractivity contribution < 1.29 is 22.7 Å². The van der Waals surface area contributed by atoms with Gasteiger partial charge >= 0.3 is 0 Å². The van der Waals surface area contributed by atoms with Gasteiger partial charge in [0.1, 0.15) is 11.5 Å². The summed E-state index contributed by atoms with van der Waals surface area (Å²) >= 11 is 0. The molecule has 2 aromatic carbocycles. The number of carbonyl (C=O) groups excluding carboxylic acids is 1. The Labute approximate surface area is 184 Å². The number of nitrogens with one attached hydrogen (secondary N) is 1. The molecule has 1 amide bonds. The molecule has 7 nitrogen and oxygen atoms in total. The van der Waals surface area contributed by atoms with Crippen molar-refractivity contribution in [1.82, 2.24) is 0 Å². The van der Waals surface area contributed by atoms with Crippen LogP contribution in [0.3, 0.4) is 0 Å². The summed E-state index contributed by atoms with van der Waals surface area (Å²) in [7, 11) is -1.85. The van der Waals surface area contributed by atoms with Gasteiger partial charge in [-0.15, -0.1) is 0 Å². The van der Waals surface area contributed by atoms with Crippen LogP contribution in [0.4, 0.5) is 11.4 Å². The average Bonchev–Trinajstić information content (AvgIpc) is 3.25. The van der Waals surface area contributed by atoms with Gasteiger partial charge in [-0.25, -0.2) is 8.42 Å². The number of hydrogen-bond donors (Lipinski definition) is 1. The van der Waals surface area contributed by atoms with E-state index < -0.39 is 16.1 Å². The van der Waals surface area contributed by atoms with Crippen molar-refractivity contribution in [2.24, 2.45) is 0 Å². The summed E-state index contributed by atoms with van der Waals surface area (Å²) in [6.45, 7) is 1.87. The van der Waals surface area contributed by atoms with Crippen molar-refractivity contribution in [2.45, 2.75) is 51.2 Å². The van der Waals surface area contributed by atoms with Crippen molar-refractivity contribution in [3.05, 3.63) is 48.5 Å². The summed E-state index contributed by atoms with van der Waals surface area (Å²) in [4.78, 5) is 12.7. The van der Waals surface area contributed by atoms with Gasteiger partial charge in [0.05, 0.1) is 18.0 Å². The normalized spacial score (nSPS) is 15.3. The lowest BCUT2D eigenvalue weighted by atomic mass is 10.2. The lowest BCUT2D eigenvalue weighted by Gasteiger charge is -2.19. The van der Waals surface area contributed by atoms with Crippen molar-refractivity contribution in [1.29, 1.82) is 0 Å². The summed E-state index contributed by atoms with van der Waals surface area (Å²) in [6.07, 6.45) is 5.87. The minimum atomic E-state index is -3.34. The molecule has 31 heavy (non-hydrogen) atoms. The van der Waals surface area contributed by atoms with Gasteiger partial charge in [0.25, 0.3) is 5.91 Å². The molecule has 1 saturated carbocycles. The summed E-state index contributed by atoms with van der Waals surface area (Å²) in [5.41, 5.74) is 1.20. The van der Waals surface area contributed by atoms with E-state index in [4.69, 9.17) is 9.47 Å². The third-order valence-corrected chi connectivity index (χ3v) is 6.57. The van der Waals surface area contributed by atoms with Crippen molar-refractivity contribution >= 4 is 27.3 Å². The van der Waals surface area contributed by atoms with E-state index in [1.807, 2.05) is 31.2 Å². The Bertz CT molecular complexity index is 968. The lowest BCUT2D eigenvalue weighted by Crippen LogP contribution is -2.32. The number of amides is 1. The van der Waals surface area contributed by atoms with Gasteiger partial charge in [-0.2, -0.15) is 0 Å². The number of hydrogen-bond acceptors (Lipinski definition) is 5. The molecule has 1 atom stereocenters. The highest BCUT2D eigenvalue weighted by atomic mass is 32.2. The highest BCUT2D eigenvalue weighted by Crippen LogP contribution is 2.25. The van der Waals surface area contributed by atoms with Crippen LogP contribution in [0.2, 0.25) is 0 Å². The number of ether oxygens (including phenoxy) is 2. The van der Waals surface area contributed by atoms with Gasteiger partial charge in [-0.1, -0.05) is 6.92 Å². The topological polar surface area (TPSA) is 84.9 Å². The number of sulfonamides is 1. The zero-order chi connectivity index (χ0) is 22.4. The van der Waals surface area contributed by atoms with E-state index in [9.17, 15) is 13.2 Å². The first-order valence-corrected chi connectivity index (χ1v) is 12.4. The van der Waals surface area contributed by atoms with Gasteiger partial charge in [0.2, 0.25) is 10.0 Å². The van der Waals surface area contributed by atoms with E-state index in [0.29, 0.717) is 29.6 Å². The molecule has 1 fully saturated rings. The van der Waals surface area contributed by atoms with Crippen LogP contribution in [-0.4, -0.2) is 39.8 Å². The Kier molecular flexibility index (Phi) is 7.43. The Morgan fingerprint density at radius 1 is 1.06 bits per heavy atom. The summed E-state index contributed by atoms with van der Waals surface area (Å²) in [5, 5.41) is 2.88. The van der Waals surface area contributed by atoms with Crippen LogP contribution in [0.15, 0.2) is 48.5 Å². The smallest absolute Gasteiger partial charge is 0.265 e. The minimum absolute atomic E-state index is 0.246. The number of carbonyl (C=O) groups is 1. The number of benzene rings is 2. The molecule has 0 heterocycles. The third-order valence-electron chi connectivity index (χ3n) is 5.37. The summed E-state index contributed by atoms with van der Waals surface area (Å²) in [5.74, 6) is 1.06. The molecule has 3 rings (SSSR count). The fourth-order valence-corrected chi connectivity index (χ4v) is 3.96. The van der Waals surface area contributed by atoms with Crippen LogP contribution in [0.1, 0.15) is 39.0 Å². The molecule has 2 aromatic rings. The largest absolute Gasteiger partial charge is 0.490 e. The molecular formula is C23H30N2O5S. The minimum Gasteiger partial charge on any atom is -0.490 e. The summed E-state index contributed by atoms with van der Waals surface area (Å²) < 4.78 is 36.2. The Morgan fingerprint density at radius 3 is 2.19 bits per heavy atom. The zero-order valence-corrected chi connectivity index (χ0v) is 19.0. The predicted octanol–water partition coefficient (Wildman–Crippen LogP) is 4.20. The van der Waals surface area contributed by atoms with E-state index in [1.54, 1.807) is 24.3 Å². The molecule has 0 aromatic heterocycles. The van der Waals surface area contributed by atoms with Gasteiger partial charge < -0.3 is 14.8 Å². The van der Waals surface area contributed by atoms with Crippen molar-refractivity contribution in [3.8, 4) is 11.5 Å². The monoisotopic (exact) mass is 446 g/mol. The molecule has 1 N–H and O–H groups in total. The highest BCUT2D eigenvalue weighted by molar-refractivity contribution is 7.92. The van der Waals surface area contributed by atoms with E-state index in [-0.39, 0.29) is 5.91 Å². The van der Waals surface area contributed by atoms with Crippen LogP contribution in [0.5, 0.6) is 11.5 Å². The van der Waals surface area contributed by atoms with Crippen LogP contribution in [-0.2, 0) is 14.8 Å². The molecular weight excluding hydrogens is 416 g/mol. The van der Waals surface area contributed by atoms with Crippen molar-refractivity contribution in [2.75, 3.05) is 22.9 Å². The lowest BCUT2D eigenvalue weighted by molar-refractivity contribution is -0.122. The number of nitrogens with zero attached hydrogens (tertiary/aromatic N) is 1. The Balaban J connectivity index is 1.57. The van der Waals surface area contributed by atoms with Gasteiger partial charge in [-0.05, 0) is 80.6 Å². The standard InChI is InChI=1S/C23H30N2O5S/c1-4-22(30-21-15-11-18(12-16-21)25(2)31(3,27)28)23(26)24-17-9-13-20(14-10-17)29-19-7-5-6-8-19/h9-16,19,22H,4-8H2,1-3H3,(H,24,26)/t22-/m0/s1. The second-order valence-corrected chi connectivity index (χ2v) is 9.79. The zero-order valence-electron chi connectivity index (χ0n) is 18.2. The van der Waals surface area contributed by atoms with E-state index >= 15 is 0 Å². The number of rotatable bonds is 9. The van der Waals surface area contributed by atoms with E-state index in [1.165, 1.54) is 24.2 Å². The fraction of sp³-hybridized carbons (Fsp3) is 0.435. The quantitative estimate of drug-likeness (QED) is 0.624. The Morgan fingerprint density at radius 2 is 1.65 bits per heavy atom. The van der Waals surface area contributed by atoms with Gasteiger partial charge in [0.15, 0.2) is 6.10 Å². The summed E-state index contributed by atoms with van der Waals surface area (Å²) in [6, 6.07) is 14.0. The van der Waals surface area contributed by atoms with Crippen LogP contribution in [0, 0.1) is 0 Å². The maximum absolute atomic E-state index is 12.7.